The lowest BCUT2D eigenvalue weighted by atomic mass is 10.1. The van der Waals surface area contributed by atoms with Gasteiger partial charge in [0.1, 0.15) is 11.8 Å². The second kappa shape index (κ2) is 7.48. The third-order valence-electron chi connectivity index (χ3n) is 4.50. The predicted molar refractivity (Wildman–Crippen MR) is 106 cm³/mol. The lowest BCUT2D eigenvalue weighted by molar-refractivity contribution is 0.415. The first-order valence-electron chi connectivity index (χ1n) is 8.88. The maximum Gasteiger partial charge on any atom is 0.267 e. The maximum atomic E-state index is 12.4. The number of ether oxygens (including phenoxy) is 1. The van der Waals surface area contributed by atoms with E-state index in [-0.39, 0.29) is 5.56 Å². The molecule has 2 aromatic carbocycles. The van der Waals surface area contributed by atoms with Crippen LogP contribution in [0.5, 0.6) is 5.75 Å². The van der Waals surface area contributed by atoms with Crippen molar-refractivity contribution in [1.82, 2.24) is 25.0 Å². The van der Waals surface area contributed by atoms with Crippen LogP contribution in [0, 0.1) is 0 Å². The summed E-state index contributed by atoms with van der Waals surface area (Å²) in [6, 6.07) is 20.1. The molecule has 0 spiro atoms. The van der Waals surface area contributed by atoms with E-state index in [4.69, 9.17) is 4.74 Å². The van der Waals surface area contributed by atoms with Gasteiger partial charge < -0.3 is 9.72 Å². The molecular weight excluding hydrogens is 354 g/mol. The molecular formula is C21H19N5O2. The van der Waals surface area contributed by atoms with Crippen LogP contribution in [0.25, 0.3) is 22.6 Å². The lowest BCUT2D eigenvalue weighted by Gasteiger charge is -2.12. The van der Waals surface area contributed by atoms with Gasteiger partial charge in [-0.3, -0.25) is 4.79 Å². The summed E-state index contributed by atoms with van der Waals surface area (Å²) in [6.45, 7) is 1.86. The van der Waals surface area contributed by atoms with Crippen molar-refractivity contribution < 1.29 is 4.74 Å². The minimum atomic E-state index is -0.400. The normalized spacial score (nSPS) is 11.9. The Morgan fingerprint density at radius 2 is 1.75 bits per heavy atom. The first kappa shape index (κ1) is 17.7. The number of methoxy groups -OCH3 is 1. The molecule has 0 saturated carbocycles. The van der Waals surface area contributed by atoms with Crippen molar-refractivity contribution in [2.45, 2.75) is 13.0 Å². The number of nitrogens with zero attached hydrogens (tertiary/aromatic N) is 4. The molecule has 2 heterocycles. The molecule has 4 rings (SSSR count). The van der Waals surface area contributed by atoms with Crippen molar-refractivity contribution in [3.63, 3.8) is 0 Å². The highest BCUT2D eigenvalue weighted by Gasteiger charge is 2.17. The Hall–Kier alpha value is -3.74. The molecule has 140 valence electrons. The monoisotopic (exact) mass is 373 g/mol. The fourth-order valence-electron chi connectivity index (χ4n) is 2.94. The summed E-state index contributed by atoms with van der Waals surface area (Å²) in [4.78, 5) is 15.6. The molecule has 0 saturated heterocycles. The number of nitrogens with one attached hydrogen (secondary N) is 1. The summed E-state index contributed by atoms with van der Waals surface area (Å²) < 4.78 is 6.68. The van der Waals surface area contributed by atoms with Crippen LogP contribution in [0.2, 0.25) is 0 Å². The van der Waals surface area contributed by atoms with E-state index < -0.39 is 6.04 Å². The van der Waals surface area contributed by atoms with E-state index in [1.54, 1.807) is 13.2 Å². The fraction of sp³-hybridized carbons (Fsp3) is 0.143. The molecule has 0 aliphatic carbocycles. The number of hydrogen-bond donors (Lipinski definition) is 1. The largest absolute Gasteiger partial charge is 0.497 e. The average Bonchev–Trinajstić information content (AvgIpc) is 3.24. The summed E-state index contributed by atoms with van der Waals surface area (Å²) in [5.41, 5.74) is 2.26. The quantitative estimate of drug-likeness (QED) is 0.580. The Morgan fingerprint density at radius 1 is 0.964 bits per heavy atom. The zero-order valence-electron chi connectivity index (χ0n) is 15.5. The predicted octanol–water partition coefficient (Wildman–Crippen LogP) is 3.31. The number of aromatic nitrogens is 5. The lowest BCUT2D eigenvalue weighted by Crippen LogP contribution is -2.26. The highest BCUT2D eigenvalue weighted by molar-refractivity contribution is 5.60. The number of rotatable bonds is 5. The molecule has 0 aliphatic heterocycles. The van der Waals surface area contributed by atoms with Gasteiger partial charge in [0.15, 0.2) is 11.6 Å². The van der Waals surface area contributed by atoms with Gasteiger partial charge in [-0.05, 0) is 25.1 Å². The van der Waals surface area contributed by atoms with Crippen LogP contribution in [0.1, 0.15) is 18.8 Å². The molecule has 0 radical (unpaired) electrons. The van der Waals surface area contributed by atoms with Gasteiger partial charge in [0.25, 0.3) is 5.56 Å². The third kappa shape index (κ3) is 3.42. The van der Waals surface area contributed by atoms with E-state index in [0.29, 0.717) is 17.3 Å². The summed E-state index contributed by atoms with van der Waals surface area (Å²) in [5, 5.41) is 13.0. The van der Waals surface area contributed by atoms with E-state index in [9.17, 15) is 4.79 Å². The zero-order valence-corrected chi connectivity index (χ0v) is 15.5. The number of aromatic amines is 1. The minimum absolute atomic E-state index is 0.211. The van der Waals surface area contributed by atoms with E-state index in [1.807, 2.05) is 61.5 Å². The SMILES string of the molecule is COc1cccc(-c2ccc(=O)n(C(C)c3nnc(-c4ccccc4)[nH]3)n2)c1. The maximum absolute atomic E-state index is 12.4. The fourth-order valence-corrected chi connectivity index (χ4v) is 2.94. The molecule has 28 heavy (non-hydrogen) atoms. The number of hydrogen-bond acceptors (Lipinski definition) is 5. The molecule has 1 N–H and O–H groups in total. The van der Waals surface area contributed by atoms with E-state index >= 15 is 0 Å². The van der Waals surface area contributed by atoms with E-state index in [2.05, 4.69) is 20.3 Å². The summed E-state index contributed by atoms with van der Waals surface area (Å²) in [6.07, 6.45) is 0. The van der Waals surface area contributed by atoms with Gasteiger partial charge in [0, 0.05) is 17.2 Å². The highest BCUT2D eigenvalue weighted by atomic mass is 16.5. The molecule has 7 heteroatoms. The van der Waals surface area contributed by atoms with Crippen LogP contribution in [0.3, 0.4) is 0 Å². The molecule has 0 aliphatic rings. The van der Waals surface area contributed by atoms with Crippen molar-refractivity contribution >= 4 is 0 Å². The van der Waals surface area contributed by atoms with Crippen molar-refractivity contribution in [1.29, 1.82) is 0 Å². The minimum Gasteiger partial charge on any atom is -0.497 e. The van der Waals surface area contributed by atoms with Crippen LogP contribution in [-0.2, 0) is 0 Å². The second-order valence-electron chi connectivity index (χ2n) is 6.33. The van der Waals surface area contributed by atoms with Gasteiger partial charge in [-0.15, -0.1) is 10.2 Å². The van der Waals surface area contributed by atoms with Crippen LogP contribution in [0.4, 0.5) is 0 Å². The Morgan fingerprint density at radius 3 is 2.54 bits per heavy atom. The summed E-state index contributed by atoms with van der Waals surface area (Å²) in [7, 11) is 1.61. The van der Waals surface area contributed by atoms with E-state index in [1.165, 1.54) is 10.7 Å². The van der Waals surface area contributed by atoms with Crippen molar-refractivity contribution in [2.24, 2.45) is 0 Å². The Balaban J connectivity index is 1.69. The molecule has 7 nitrogen and oxygen atoms in total. The number of H-pyrrole nitrogens is 1. The summed E-state index contributed by atoms with van der Waals surface area (Å²) >= 11 is 0. The van der Waals surface area contributed by atoms with E-state index in [0.717, 1.165) is 16.9 Å². The smallest absolute Gasteiger partial charge is 0.267 e. The molecule has 1 atom stereocenters. The van der Waals surface area contributed by atoms with Crippen LogP contribution in [-0.4, -0.2) is 32.1 Å². The Bertz CT molecular complexity index is 1150. The standard InChI is InChI=1S/C21H19N5O2/c1-14(20-22-21(24-23-20)15-7-4-3-5-8-15)26-19(27)12-11-18(25-26)16-9-6-10-17(13-16)28-2/h3-14H,1-2H3,(H,22,23,24). The molecule has 2 aromatic heterocycles. The topological polar surface area (TPSA) is 85.7 Å². The van der Waals surface area contributed by atoms with Crippen LogP contribution < -0.4 is 10.3 Å². The first-order chi connectivity index (χ1) is 13.7. The van der Waals surface area contributed by atoms with Crippen molar-refractivity contribution in [2.75, 3.05) is 7.11 Å². The van der Waals surface area contributed by atoms with Gasteiger partial charge in [0.2, 0.25) is 0 Å². The van der Waals surface area contributed by atoms with Gasteiger partial charge in [0.05, 0.1) is 12.8 Å². The number of benzene rings is 2. The first-order valence-corrected chi connectivity index (χ1v) is 8.88. The molecule has 0 fully saturated rings. The van der Waals surface area contributed by atoms with Crippen molar-refractivity contribution in [3.05, 3.63) is 82.9 Å². The Kier molecular flexibility index (Phi) is 4.72. The van der Waals surface area contributed by atoms with Crippen LogP contribution in [0.15, 0.2) is 71.5 Å². The van der Waals surface area contributed by atoms with Crippen molar-refractivity contribution in [3.8, 4) is 28.4 Å². The van der Waals surface area contributed by atoms with Gasteiger partial charge >= 0.3 is 0 Å². The van der Waals surface area contributed by atoms with Gasteiger partial charge in [-0.2, -0.15) is 5.10 Å². The zero-order chi connectivity index (χ0) is 19.5. The molecule has 0 bridgehead atoms. The van der Waals surface area contributed by atoms with Gasteiger partial charge in [-0.1, -0.05) is 42.5 Å². The molecule has 4 aromatic rings. The van der Waals surface area contributed by atoms with Gasteiger partial charge in [-0.25, -0.2) is 4.68 Å². The summed E-state index contributed by atoms with van der Waals surface area (Å²) in [5.74, 6) is 1.95. The molecule has 1 unspecified atom stereocenters. The molecule has 0 amide bonds. The third-order valence-corrected chi connectivity index (χ3v) is 4.50. The second-order valence-corrected chi connectivity index (χ2v) is 6.33. The van der Waals surface area contributed by atoms with Crippen LogP contribution >= 0.6 is 0 Å². The Labute approximate surface area is 161 Å². The average molecular weight is 373 g/mol. The highest BCUT2D eigenvalue weighted by Crippen LogP contribution is 2.22.